The van der Waals surface area contributed by atoms with Crippen LogP contribution in [0, 0.1) is 13.8 Å². The predicted molar refractivity (Wildman–Crippen MR) is 120 cm³/mol. The van der Waals surface area contributed by atoms with E-state index in [0.29, 0.717) is 24.5 Å². The molecule has 0 aliphatic carbocycles. The van der Waals surface area contributed by atoms with Gasteiger partial charge >= 0.3 is 0 Å². The van der Waals surface area contributed by atoms with Crippen LogP contribution in [0.4, 0.5) is 17.1 Å². The summed E-state index contributed by atoms with van der Waals surface area (Å²) < 4.78 is 5.43. The number of nitrogens with one attached hydrogen (secondary N) is 1. The monoisotopic (exact) mass is 392 g/mol. The summed E-state index contributed by atoms with van der Waals surface area (Å²) in [4.78, 5) is 19.8. The van der Waals surface area contributed by atoms with Crippen LogP contribution in [0.5, 0.6) is 0 Å². The minimum absolute atomic E-state index is 0. The number of rotatable bonds is 3. The van der Waals surface area contributed by atoms with Crippen LogP contribution in [-0.2, 0) is 4.74 Å². The summed E-state index contributed by atoms with van der Waals surface area (Å²) >= 11 is 0. The molecule has 3 aromatic rings. The summed E-state index contributed by atoms with van der Waals surface area (Å²) in [5, 5.41) is 4.05. The highest BCUT2D eigenvalue weighted by molar-refractivity contribution is 6.09. The van der Waals surface area contributed by atoms with E-state index in [2.05, 4.69) is 22.1 Å². The van der Waals surface area contributed by atoms with Crippen molar-refractivity contribution in [3.63, 3.8) is 0 Å². The van der Waals surface area contributed by atoms with Crippen LogP contribution >= 0.6 is 0 Å². The molecule has 2 aromatic carbocycles. The molecule has 0 atom stereocenters. The summed E-state index contributed by atoms with van der Waals surface area (Å²) in [5.74, 6) is -0.175. The van der Waals surface area contributed by atoms with Crippen molar-refractivity contribution < 1.29 is 9.53 Å². The highest BCUT2D eigenvalue weighted by Crippen LogP contribution is 2.27. The van der Waals surface area contributed by atoms with E-state index in [0.717, 1.165) is 46.6 Å². The molecule has 2 heterocycles. The van der Waals surface area contributed by atoms with Crippen molar-refractivity contribution in [2.75, 3.05) is 42.3 Å². The Kier molecular flexibility index (Phi) is 6.03. The normalized spacial score (nSPS) is 13.8. The second-order valence-corrected chi connectivity index (χ2v) is 7.14. The average molecular weight is 393 g/mol. The van der Waals surface area contributed by atoms with Crippen LogP contribution in [0.15, 0.2) is 42.5 Å². The molecule has 1 aliphatic heterocycles. The number of morpholine rings is 1. The minimum atomic E-state index is -0.175. The topological polar surface area (TPSA) is 80.5 Å². The third-order valence-electron chi connectivity index (χ3n) is 5.02. The molecular formula is C23H28N4O2. The average Bonchev–Trinajstić information content (AvgIpc) is 2.69. The standard InChI is InChI=1S/C22H24N4O2.CH4/c1-14-11-15(2)24-20-5-4-17(13-18(14)20)25-22(27)19-12-16(23)3-6-21(19)26-7-9-28-10-8-26;/h3-6,11-13H,7-10,23H2,1-2H3,(H,25,27);1H4. The Bertz CT molecular complexity index is 1040. The fourth-order valence-electron chi connectivity index (χ4n) is 3.65. The maximum atomic E-state index is 13.1. The molecule has 0 bridgehead atoms. The molecule has 0 radical (unpaired) electrons. The molecule has 6 nitrogen and oxygen atoms in total. The van der Waals surface area contributed by atoms with Crippen LogP contribution in [0.1, 0.15) is 29.0 Å². The molecule has 3 N–H and O–H groups in total. The SMILES string of the molecule is C.Cc1cc(C)c2cc(NC(=O)c3cc(N)ccc3N3CCOCC3)ccc2n1. The number of ether oxygens (including phenoxy) is 1. The van der Waals surface area contributed by atoms with Crippen molar-refractivity contribution in [3.05, 3.63) is 59.3 Å². The van der Waals surface area contributed by atoms with Crippen molar-refractivity contribution in [2.24, 2.45) is 0 Å². The van der Waals surface area contributed by atoms with Gasteiger partial charge in [-0.05, 0) is 61.9 Å². The number of benzene rings is 2. The summed E-state index contributed by atoms with van der Waals surface area (Å²) in [5.41, 5.74) is 11.8. The van der Waals surface area contributed by atoms with E-state index >= 15 is 0 Å². The number of anilines is 3. The van der Waals surface area contributed by atoms with Gasteiger partial charge in [-0.2, -0.15) is 0 Å². The first-order valence-corrected chi connectivity index (χ1v) is 9.43. The zero-order chi connectivity index (χ0) is 19.7. The first-order valence-electron chi connectivity index (χ1n) is 9.43. The highest BCUT2D eigenvalue weighted by atomic mass is 16.5. The quantitative estimate of drug-likeness (QED) is 0.654. The lowest BCUT2D eigenvalue weighted by atomic mass is 10.1. The Morgan fingerprint density at radius 2 is 1.86 bits per heavy atom. The van der Waals surface area contributed by atoms with Crippen LogP contribution in [0.2, 0.25) is 0 Å². The second kappa shape index (κ2) is 8.49. The Morgan fingerprint density at radius 1 is 1.10 bits per heavy atom. The van der Waals surface area contributed by atoms with Crippen LogP contribution in [0.25, 0.3) is 10.9 Å². The third-order valence-corrected chi connectivity index (χ3v) is 5.02. The molecule has 4 rings (SSSR count). The van der Waals surface area contributed by atoms with Gasteiger partial charge in [0.1, 0.15) is 0 Å². The highest BCUT2D eigenvalue weighted by Gasteiger charge is 2.19. The van der Waals surface area contributed by atoms with Gasteiger partial charge in [-0.25, -0.2) is 0 Å². The fraction of sp³-hybridized carbons (Fsp3) is 0.304. The first kappa shape index (κ1) is 20.6. The lowest BCUT2D eigenvalue weighted by molar-refractivity contribution is 0.102. The fourth-order valence-corrected chi connectivity index (χ4v) is 3.65. The van der Waals surface area contributed by atoms with Crippen molar-refractivity contribution in [2.45, 2.75) is 21.3 Å². The first-order chi connectivity index (χ1) is 13.5. The summed E-state index contributed by atoms with van der Waals surface area (Å²) in [6.45, 7) is 6.85. The van der Waals surface area contributed by atoms with Gasteiger partial charge in [-0.3, -0.25) is 9.78 Å². The number of hydrogen-bond donors (Lipinski definition) is 2. The summed E-state index contributed by atoms with van der Waals surface area (Å²) in [6.07, 6.45) is 0. The van der Waals surface area contributed by atoms with E-state index in [4.69, 9.17) is 10.5 Å². The van der Waals surface area contributed by atoms with Gasteiger partial charge in [0.2, 0.25) is 0 Å². The predicted octanol–water partition coefficient (Wildman–Crippen LogP) is 4.16. The number of pyridine rings is 1. The van der Waals surface area contributed by atoms with E-state index in [1.807, 2.05) is 43.3 Å². The van der Waals surface area contributed by atoms with Gasteiger partial charge in [0.25, 0.3) is 5.91 Å². The van der Waals surface area contributed by atoms with E-state index in [1.54, 1.807) is 6.07 Å². The Balaban J connectivity index is 0.00000240. The second-order valence-electron chi connectivity index (χ2n) is 7.14. The molecule has 1 aliphatic rings. The Morgan fingerprint density at radius 3 is 2.62 bits per heavy atom. The Hall–Kier alpha value is -3.12. The summed E-state index contributed by atoms with van der Waals surface area (Å²) in [7, 11) is 0. The number of carbonyl (C=O) groups is 1. The number of aromatic nitrogens is 1. The number of nitrogen functional groups attached to an aromatic ring is 1. The minimum Gasteiger partial charge on any atom is -0.399 e. The van der Waals surface area contributed by atoms with E-state index in [1.165, 1.54) is 0 Å². The summed E-state index contributed by atoms with van der Waals surface area (Å²) in [6, 6.07) is 13.3. The maximum Gasteiger partial charge on any atom is 0.257 e. The van der Waals surface area contributed by atoms with E-state index in [9.17, 15) is 4.79 Å². The van der Waals surface area contributed by atoms with Crippen LogP contribution < -0.4 is 16.0 Å². The smallest absolute Gasteiger partial charge is 0.257 e. The molecule has 1 aromatic heterocycles. The molecule has 152 valence electrons. The molecule has 1 amide bonds. The molecule has 0 saturated carbocycles. The third kappa shape index (κ3) is 4.32. The Labute approximate surface area is 171 Å². The number of hydrogen-bond acceptors (Lipinski definition) is 5. The molecule has 1 saturated heterocycles. The van der Waals surface area contributed by atoms with Gasteiger partial charge in [-0.1, -0.05) is 7.43 Å². The van der Waals surface area contributed by atoms with Crippen molar-refractivity contribution in [1.82, 2.24) is 4.98 Å². The molecule has 0 spiro atoms. The molecule has 0 unspecified atom stereocenters. The zero-order valence-electron chi connectivity index (χ0n) is 16.2. The molecule has 1 fully saturated rings. The van der Waals surface area contributed by atoms with Crippen LogP contribution in [-0.4, -0.2) is 37.2 Å². The van der Waals surface area contributed by atoms with Crippen molar-refractivity contribution in [1.29, 1.82) is 0 Å². The number of amides is 1. The number of nitrogens with two attached hydrogens (primary N) is 1. The van der Waals surface area contributed by atoms with Crippen molar-refractivity contribution >= 4 is 33.9 Å². The largest absolute Gasteiger partial charge is 0.399 e. The number of aryl methyl sites for hydroxylation is 2. The van der Waals surface area contributed by atoms with Gasteiger partial charge in [0.15, 0.2) is 0 Å². The van der Waals surface area contributed by atoms with Gasteiger partial charge in [0, 0.05) is 41.2 Å². The maximum absolute atomic E-state index is 13.1. The molecule has 6 heteroatoms. The van der Waals surface area contributed by atoms with E-state index < -0.39 is 0 Å². The lowest BCUT2D eigenvalue weighted by Crippen LogP contribution is -2.37. The zero-order valence-corrected chi connectivity index (χ0v) is 16.2. The van der Waals surface area contributed by atoms with E-state index in [-0.39, 0.29) is 13.3 Å². The lowest BCUT2D eigenvalue weighted by Gasteiger charge is -2.30. The molecule has 29 heavy (non-hydrogen) atoms. The number of fused-ring (bicyclic) bond motifs is 1. The van der Waals surface area contributed by atoms with Crippen LogP contribution in [0.3, 0.4) is 0 Å². The number of carbonyl (C=O) groups excluding carboxylic acids is 1. The van der Waals surface area contributed by atoms with Crippen molar-refractivity contribution in [3.8, 4) is 0 Å². The van der Waals surface area contributed by atoms with Gasteiger partial charge < -0.3 is 20.7 Å². The molecular weight excluding hydrogens is 364 g/mol. The van der Waals surface area contributed by atoms with Gasteiger partial charge in [-0.15, -0.1) is 0 Å². The van der Waals surface area contributed by atoms with Gasteiger partial charge in [0.05, 0.1) is 24.3 Å². The number of nitrogens with zero attached hydrogens (tertiary/aromatic N) is 2.